The molecule has 3 aromatic rings. The summed E-state index contributed by atoms with van der Waals surface area (Å²) in [5.74, 6) is 0.157. The second kappa shape index (κ2) is 9.61. The molecule has 0 unspecified atom stereocenters. The zero-order chi connectivity index (χ0) is 21.7. The van der Waals surface area contributed by atoms with Crippen LogP contribution in [0.2, 0.25) is 5.02 Å². The van der Waals surface area contributed by atoms with Crippen LogP contribution in [0.4, 0.5) is 10.8 Å². The van der Waals surface area contributed by atoms with E-state index in [1.54, 1.807) is 30.3 Å². The molecule has 2 N–H and O–H groups in total. The molecule has 0 bridgehead atoms. The SMILES string of the molecule is C=CCSc1nnc(NC(=O)c2ccc(Cl)c(S(=O)(=O)Nc3ccc(C)cc3)c2)s1. The Balaban J connectivity index is 1.79. The Labute approximate surface area is 187 Å². The number of hydrogen-bond acceptors (Lipinski definition) is 7. The Morgan fingerprint density at radius 3 is 2.67 bits per heavy atom. The topological polar surface area (TPSA) is 101 Å². The van der Waals surface area contributed by atoms with E-state index >= 15 is 0 Å². The summed E-state index contributed by atoms with van der Waals surface area (Å²) in [5, 5.41) is 10.8. The standard InChI is InChI=1S/C19H17ClN4O3S3/c1-3-10-28-19-23-22-18(29-19)21-17(25)13-6-9-15(20)16(11-13)30(26,27)24-14-7-4-12(2)5-8-14/h3-9,11,24H,1,10H2,2H3,(H,21,22,25). The second-order valence-electron chi connectivity index (χ2n) is 6.04. The summed E-state index contributed by atoms with van der Waals surface area (Å²) in [4.78, 5) is 12.4. The van der Waals surface area contributed by atoms with Gasteiger partial charge in [0.1, 0.15) is 4.90 Å². The monoisotopic (exact) mass is 480 g/mol. The molecule has 0 saturated carbocycles. The highest BCUT2D eigenvalue weighted by molar-refractivity contribution is 8.01. The fourth-order valence-electron chi connectivity index (χ4n) is 2.30. The number of nitrogens with one attached hydrogen (secondary N) is 2. The molecule has 2 aromatic carbocycles. The van der Waals surface area contributed by atoms with Gasteiger partial charge in [0.2, 0.25) is 5.13 Å². The molecule has 30 heavy (non-hydrogen) atoms. The number of benzene rings is 2. The molecule has 0 aliphatic rings. The van der Waals surface area contributed by atoms with Crippen LogP contribution in [0.5, 0.6) is 0 Å². The molecule has 0 aliphatic carbocycles. The van der Waals surface area contributed by atoms with E-state index in [0.29, 0.717) is 20.9 Å². The first-order valence-corrected chi connectivity index (χ1v) is 12.2. The number of carbonyl (C=O) groups is 1. The van der Waals surface area contributed by atoms with Crippen LogP contribution in [0.25, 0.3) is 0 Å². The first-order chi connectivity index (χ1) is 14.3. The van der Waals surface area contributed by atoms with E-state index < -0.39 is 15.9 Å². The number of hydrogen-bond donors (Lipinski definition) is 2. The summed E-state index contributed by atoms with van der Waals surface area (Å²) in [6, 6.07) is 10.9. The zero-order valence-corrected chi connectivity index (χ0v) is 19.0. The van der Waals surface area contributed by atoms with Crippen LogP contribution in [0, 0.1) is 6.92 Å². The van der Waals surface area contributed by atoms with E-state index in [0.717, 1.165) is 5.56 Å². The second-order valence-corrected chi connectivity index (χ2v) is 10.3. The molecule has 1 aromatic heterocycles. The Morgan fingerprint density at radius 2 is 1.97 bits per heavy atom. The van der Waals surface area contributed by atoms with Gasteiger partial charge in [-0.3, -0.25) is 14.8 Å². The molecule has 7 nitrogen and oxygen atoms in total. The first-order valence-electron chi connectivity index (χ1n) is 8.56. The maximum Gasteiger partial charge on any atom is 0.263 e. The van der Waals surface area contributed by atoms with Gasteiger partial charge in [0.05, 0.1) is 5.02 Å². The lowest BCUT2D eigenvalue weighted by atomic mass is 10.2. The van der Waals surface area contributed by atoms with Gasteiger partial charge < -0.3 is 0 Å². The Bertz CT molecular complexity index is 1180. The zero-order valence-electron chi connectivity index (χ0n) is 15.8. The Kier molecular flexibility index (Phi) is 7.14. The van der Waals surface area contributed by atoms with Gasteiger partial charge in [-0.25, -0.2) is 8.42 Å². The average Bonchev–Trinajstić information content (AvgIpc) is 3.15. The van der Waals surface area contributed by atoms with E-state index in [-0.39, 0.29) is 15.5 Å². The molecule has 0 fully saturated rings. The van der Waals surface area contributed by atoms with Crippen molar-refractivity contribution in [3.8, 4) is 0 Å². The van der Waals surface area contributed by atoms with Crippen molar-refractivity contribution in [3.63, 3.8) is 0 Å². The van der Waals surface area contributed by atoms with E-state index in [1.165, 1.54) is 41.3 Å². The lowest BCUT2D eigenvalue weighted by Gasteiger charge is -2.11. The van der Waals surface area contributed by atoms with Crippen LogP contribution in [0.15, 0.2) is 64.4 Å². The lowest BCUT2D eigenvalue weighted by molar-refractivity contribution is 0.102. The van der Waals surface area contributed by atoms with Crippen molar-refractivity contribution >= 4 is 61.4 Å². The molecule has 1 amide bonds. The van der Waals surface area contributed by atoms with Gasteiger partial charge in [0.15, 0.2) is 4.34 Å². The number of rotatable bonds is 8. The number of aromatic nitrogens is 2. The number of amides is 1. The number of aryl methyl sites for hydroxylation is 1. The third-order valence-electron chi connectivity index (χ3n) is 3.74. The van der Waals surface area contributed by atoms with Crippen LogP contribution < -0.4 is 10.0 Å². The predicted octanol–water partition coefficient (Wildman–Crippen LogP) is 4.83. The van der Waals surface area contributed by atoms with E-state index in [9.17, 15) is 13.2 Å². The fraction of sp³-hybridized carbons (Fsp3) is 0.105. The van der Waals surface area contributed by atoms with Gasteiger partial charge in [0.25, 0.3) is 15.9 Å². The maximum atomic E-state index is 12.8. The summed E-state index contributed by atoms with van der Waals surface area (Å²) in [6.07, 6.45) is 1.74. The van der Waals surface area contributed by atoms with Gasteiger partial charge >= 0.3 is 0 Å². The van der Waals surface area contributed by atoms with Crippen molar-refractivity contribution in [2.45, 2.75) is 16.2 Å². The van der Waals surface area contributed by atoms with Crippen molar-refractivity contribution in [2.75, 3.05) is 15.8 Å². The van der Waals surface area contributed by atoms with Crippen molar-refractivity contribution in [3.05, 3.63) is 71.3 Å². The van der Waals surface area contributed by atoms with Crippen molar-refractivity contribution < 1.29 is 13.2 Å². The minimum absolute atomic E-state index is 0.00480. The van der Waals surface area contributed by atoms with Crippen molar-refractivity contribution in [1.29, 1.82) is 0 Å². The highest BCUT2D eigenvalue weighted by Crippen LogP contribution is 2.28. The average molecular weight is 481 g/mol. The predicted molar refractivity (Wildman–Crippen MR) is 122 cm³/mol. The minimum atomic E-state index is -3.99. The molecule has 0 atom stereocenters. The van der Waals surface area contributed by atoms with E-state index in [2.05, 4.69) is 26.8 Å². The summed E-state index contributed by atoms with van der Waals surface area (Å²) in [7, 11) is -3.99. The van der Waals surface area contributed by atoms with Gasteiger partial charge in [0, 0.05) is 17.0 Å². The molecule has 0 aliphatic heterocycles. The lowest BCUT2D eigenvalue weighted by Crippen LogP contribution is -2.16. The van der Waals surface area contributed by atoms with Crippen LogP contribution in [0.3, 0.4) is 0 Å². The summed E-state index contributed by atoms with van der Waals surface area (Å²) >= 11 is 8.77. The third-order valence-corrected chi connectivity index (χ3v) is 7.57. The maximum absolute atomic E-state index is 12.8. The molecule has 3 rings (SSSR count). The Morgan fingerprint density at radius 1 is 1.23 bits per heavy atom. The van der Waals surface area contributed by atoms with Gasteiger partial charge in [-0.05, 0) is 37.3 Å². The normalized spacial score (nSPS) is 11.1. The number of carbonyl (C=O) groups excluding carboxylic acids is 1. The van der Waals surface area contributed by atoms with Gasteiger partial charge in [-0.15, -0.1) is 16.8 Å². The molecular formula is C19H17ClN4O3S3. The quantitative estimate of drug-likeness (QED) is 0.272. The number of halogens is 1. The molecule has 1 heterocycles. The highest BCUT2D eigenvalue weighted by atomic mass is 35.5. The highest BCUT2D eigenvalue weighted by Gasteiger charge is 2.21. The number of sulfonamides is 1. The largest absolute Gasteiger partial charge is 0.296 e. The minimum Gasteiger partial charge on any atom is -0.296 e. The van der Waals surface area contributed by atoms with E-state index in [4.69, 9.17) is 11.6 Å². The first kappa shape index (κ1) is 22.3. The molecule has 0 spiro atoms. The fourth-order valence-corrected chi connectivity index (χ4v) is 5.39. The van der Waals surface area contributed by atoms with Gasteiger partial charge in [-0.2, -0.15) is 0 Å². The van der Waals surface area contributed by atoms with Crippen LogP contribution in [-0.4, -0.2) is 30.3 Å². The van der Waals surface area contributed by atoms with Crippen LogP contribution >= 0.6 is 34.7 Å². The smallest absolute Gasteiger partial charge is 0.263 e. The van der Waals surface area contributed by atoms with E-state index in [1.807, 2.05) is 6.92 Å². The Hall–Kier alpha value is -2.40. The number of nitrogens with zero attached hydrogens (tertiary/aromatic N) is 2. The van der Waals surface area contributed by atoms with Crippen LogP contribution in [0.1, 0.15) is 15.9 Å². The van der Waals surface area contributed by atoms with Gasteiger partial charge in [-0.1, -0.05) is 58.5 Å². The summed E-state index contributed by atoms with van der Waals surface area (Å²) in [6.45, 7) is 5.54. The summed E-state index contributed by atoms with van der Waals surface area (Å²) in [5.41, 5.74) is 1.52. The molecular weight excluding hydrogens is 464 g/mol. The number of anilines is 2. The van der Waals surface area contributed by atoms with Crippen LogP contribution in [-0.2, 0) is 10.0 Å². The molecule has 156 valence electrons. The van der Waals surface area contributed by atoms with Crippen molar-refractivity contribution in [1.82, 2.24) is 10.2 Å². The molecule has 11 heteroatoms. The summed E-state index contributed by atoms with van der Waals surface area (Å²) < 4.78 is 28.7. The third kappa shape index (κ3) is 5.60. The van der Waals surface area contributed by atoms with Crippen molar-refractivity contribution in [2.24, 2.45) is 0 Å². The number of thioether (sulfide) groups is 1. The molecule has 0 radical (unpaired) electrons. The molecule has 0 saturated heterocycles.